The monoisotopic (exact) mass is 382 g/mol. The number of hydrogen-bond acceptors (Lipinski definition) is 5. The van der Waals surface area contributed by atoms with Crippen molar-refractivity contribution in [3.05, 3.63) is 23.8 Å². The average Bonchev–Trinajstić information content (AvgIpc) is 3.20. The molecule has 6 aliphatic rings. The lowest BCUT2D eigenvalue weighted by atomic mass is 9.53. The predicted molar refractivity (Wildman–Crippen MR) is 101 cm³/mol. The number of nitrogens with zero attached hydrogens (tertiary/aromatic N) is 1. The predicted octanol–water partition coefficient (Wildman–Crippen LogP) is 2.60. The zero-order valence-electron chi connectivity index (χ0n) is 16.0. The number of amides is 2. The van der Waals surface area contributed by atoms with Crippen molar-refractivity contribution in [3.63, 3.8) is 0 Å². The smallest absolute Gasteiger partial charge is 0.247 e. The first-order chi connectivity index (χ1) is 13.6. The molecule has 6 heteroatoms. The number of benzene rings is 1. The van der Waals surface area contributed by atoms with Crippen LogP contribution in [0.1, 0.15) is 50.5 Å². The Hall–Kier alpha value is -2.08. The average molecular weight is 382 g/mol. The van der Waals surface area contributed by atoms with Gasteiger partial charge in [0.25, 0.3) is 0 Å². The minimum Gasteiger partial charge on any atom is -0.454 e. The Labute approximate surface area is 164 Å². The van der Waals surface area contributed by atoms with Gasteiger partial charge >= 0.3 is 0 Å². The number of imide groups is 1. The molecule has 4 saturated carbocycles. The first-order valence-electron chi connectivity index (χ1n) is 10.6. The minimum atomic E-state index is -0.363. The molecular weight excluding hydrogens is 356 g/mol. The van der Waals surface area contributed by atoms with Crippen molar-refractivity contribution in [2.45, 2.75) is 63.1 Å². The summed E-state index contributed by atoms with van der Waals surface area (Å²) in [6, 6.07) is 5.24. The molecule has 1 aromatic carbocycles. The number of nitrogens with one attached hydrogen (secondary N) is 1. The lowest BCUT2D eigenvalue weighted by molar-refractivity contribution is -0.140. The molecule has 0 aromatic heterocycles. The highest BCUT2D eigenvalue weighted by Crippen LogP contribution is 2.55. The quantitative estimate of drug-likeness (QED) is 0.811. The Kier molecular flexibility index (Phi) is 3.58. The molecule has 4 bridgehead atoms. The van der Waals surface area contributed by atoms with Crippen LogP contribution >= 0.6 is 0 Å². The number of carbonyl (C=O) groups excluding carboxylic acids is 2. The SMILES string of the molecule is O=C1CC(NC23CC4CC(CC(C4)C2)C3)C(=O)N1Cc1ccc2c(c1)OCO2. The van der Waals surface area contributed by atoms with E-state index in [1.807, 2.05) is 18.2 Å². The number of fused-ring (bicyclic) bond motifs is 1. The van der Waals surface area contributed by atoms with Crippen LogP contribution in [0.2, 0.25) is 0 Å². The van der Waals surface area contributed by atoms with E-state index in [2.05, 4.69) is 5.32 Å². The third-order valence-electron chi connectivity index (χ3n) is 7.54. The van der Waals surface area contributed by atoms with Crippen LogP contribution in [-0.2, 0) is 16.1 Å². The van der Waals surface area contributed by atoms with Gasteiger partial charge in [-0.05, 0) is 74.0 Å². The van der Waals surface area contributed by atoms with Gasteiger partial charge in [-0.15, -0.1) is 0 Å². The van der Waals surface area contributed by atoms with Crippen LogP contribution in [0, 0.1) is 17.8 Å². The van der Waals surface area contributed by atoms with E-state index in [-0.39, 0.29) is 36.6 Å². The Morgan fingerprint density at radius 1 is 1.00 bits per heavy atom. The molecule has 1 unspecified atom stereocenters. The molecule has 1 saturated heterocycles. The molecule has 1 atom stereocenters. The Morgan fingerprint density at radius 3 is 2.39 bits per heavy atom. The number of rotatable bonds is 4. The highest BCUT2D eigenvalue weighted by molar-refractivity contribution is 6.05. The molecule has 148 valence electrons. The fourth-order valence-corrected chi connectivity index (χ4v) is 6.84. The van der Waals surface area contributed by atoms with Crippen LogP contribution in [0.25, 0.3) is 0 Å². The highest BCUT2D eigenvalue weighted by Gasteiger charge is 2.53. The van der Waals surface area contributed by atoms with Crippen molar-refractivity contribution in [1.82, 2.24) is 10.2 Å². The van der Waals surface area contributed by atoms with Crippen LogP contribution in [0.15, 0.2) is 18.2 Å². The second kappa shape index (κ2) is 5.96. The van der Waals surface area contributed by atoms with Gasteiger partial charge in [0, 0.05) is 5.54 Å². The van der Waals surface area contributed by atoms with E-state index in [0.717, 1.165) is 23.3 Å². The molecule has 6 nitrogen and oxygen atoms in total. The fraction of sp³-hybridized carbons (Fsp3) is 0.636. The van der Waals surface area contributed by atoms with Gasteiger partial charge in [0.2, 0.25) is 18.6 Å². The van der Waals surface area contributed by atoms with E-state index in [1.54, 1.807) is 0 Å². The number of ether oxygens (including phenoxy) is 2. The summed E-state index contributed by atoms with van der Waals surface area (Å²) in [6.07, 6.45) is 7.93. The zero-order valence-corrected chi connectivity index (χ0v) is 16.0. The van der Waals surface area contributed by atoms with E-state index >= 15 is 0 Å². The van der Waals surface area contributed by atoms with Gasteiger partial charge in [-0.3, -0.25) is 19.8 Å². The third-order valence-corrected chi connectivity index (χ3v) is 7.54. The van der Waals surface area contributed by atoms with Crippen molar-refractivity contribution in [2.75, 3.05) is 6.79 Å². The van der Waals surface area contributed by atoms with Crippen molar-refractivity contribution in [2.24, 2.45) is 17.8 Å². The van der Waals surface area contributed by atoms with Gasteiger partial charge in [-0.1, -0.05) is 6.07 Å². The van der Waals surface area contributed by atoms with E-state index in [0.29, 0.717) is 18.0 Å². The number of hydrogen-bond donors (Lipinski definition) is 1. The van der Waals surface area contributed by atoms with Gasteiger partial charge in [-0.25, -0.2) is 0 Å². The summed E-state index contributed by atoms with van der Waals surface area (Å²) in [6.45, 7) is 0.519. The van der Waals surface area contributed by atoms with Crippen LogP contribution < -0.4 is 14.8 Å². The molecular formula is C22H26N2O4. The summed E-state index contributed by atoms with van der Waals surface area (Å²) < 4.78 is 10.8. The van der Waals surface area contributed by atoms with Crippen LogP contribution in [0.4, 0.5) is 0 Å². The third kappa shape index (κ3) is 2.65. The molecule has 1 N–H and O–H groups in total. The van der Waals surface area contributed by atoms with Crippen molar-refractivity contribution >= 4 is 11.8 Å². The van der Waals surface area contributed by atoms with Gasteiger partial charge in [-0.2, -0.15) is 0 Å². The second-order valence-corrected chi connectivity index (χ2v) is 9.60. The van der Waals surface area contributed by atoms with Gasteiger partial charge in [0.1, 0.15) is 0 Å². The van der Waals surface area contributed by atoms with Crippen molar-refractivity contribution in [3.8, 4) is 11.5 Å². The zero-order chi connectivity index (χ0) is 18.9. The standard InChI is InChI=1S/C22H26N2O4/c25-20-7-17(23-22-8-14-3-15(9-22)5-16(4-14)10-22)21(26)24(20)11-13-1-2-18-19(6-13)28-12-27-18/h1-2,6,14-17,23H,3-5,7-12H2. The topological polar surface area (TPSA) is 67.9 Å². The van der Waals surface area contributed by atoms with E-state index in [4.69, 9.17) is 9.47 Å². The van der Waals surface area contributed by atoms with Crippen molar-refractivity contribution < 1.29 is 19.1 Å². The highest BCUT2D eigenvalue weighted by atomic mass is 16.7. The summed E-state index contributed by atoms with van der Waals surface area (Å²) in [5, 5.41) is 3.70. The summed E-state index contributed by atoms with van der Waals surface area (Å²) in [5.41, 5.74) is 0.978. The summed E-state index contributed by atoms with van der Waals surface area (Å²) in [4.78, 5) is 27.1. The normalized spacial score (nSPS) is 37.9. The maximum Gasteiger partial charge on any atom is 0.247 e. The molecule has 0 radical (unpaired) electrons. The minimum absolute atomic E-state index is 0.0709. The molecule has 7 rings (SSSR count). The van der Waals surface area contributed by atoms with E-state index in [1.165, 1.54) is 43.4 Å². The van der Waals surface area contributed by atoms with Gasteiger partial charge in [0.05, 0.1) is 19.0 Å². The lowest BCUT2D eigenvalue weighted by Gasteiger charge is -2.57. The van der Waals surface area contributed by atoms with E-state index < -0.39 is 0 Å². The van der Waals surface area contributed by atoms with Crippen molar-refractivity contribution in [1.29, 1.82) is 0 Å². The molecule has 5 fully saturated rings. The molecule has 4 aliphatic carbocycles. The number of likely N-dealkylation sites (tertiary alicyclic amines) is 1. The van der Waals surface area contributed by atoms with E-state index in [9.17, 15) is 9.59 Å². The van der Waals surface area contributed by atoms with Crippen LogP contribution in [0.5, 0.6) is 11.5 Å². The number of carbonyl (C=O) groups is 2. The Bertz CT molecular complexity index is 816. The maximum absolute atomic E-state index is 13.1. The largest absolute Gasteiger partial charge is 0.454 e. The molecule has 2 amide bonds. The summed E-state index contributed by atoms with van der Waals surface area (Å²) >= 11 is 0. The molecule has 28 heavy (non-hydrogen) atoms. The summed E-state index contributed by atoms with van der Waals surface area (Å²) in [5.74, 6) is 3.69. The van der Waals surface area contributed by atoms with Crippen LogP contribution in [0.3, 0.4) is 0 Å². The molecule has 0 spiro atoms. The first kappa shape index (κ1) is 16.8. The van der Waals surface area contributed by atoms with Gasteiger partial charge in [0.15, 0.2) is 11.5 Å². The second-order valence-electron chi connectivity index (χ2n) is 9.60. The maximum atomic E-state index is 13.1. The fourth-order valence-electron chi connectivity index (χ4n) is 6.84. The Morgan fingerprint density at radius 2 is 1.68 bits per heavy atom. The molecule has 2 heterocycles. The molecule has 1 aromatic rings. The Balaban J connectivity index is 1.17. The summed E-state index contributed by atoms with van der Waals surface area (Å²) in [7, 11) is 0. The lowest BCUT2D eigenvalue weighted by Crippen LogP contribution is -2.61. The first-order valence-corrected chi connectivity index (χ1v) is 10.6. The van der Waals surface area contributed by atoms with Gasteiger partial charge < -0.3 is 9.47 Å². The van der Waals surface area contributed by atoms with Crippen LogP contribution in [-0.4, -0.2) is 35.1 Å². The molecule has 2 aliphatic heterocycles.